The maximum atomic E-state index is 13.3. The molecular weight excluding hydrogens is 381 g/mol. The zero-order valence-electron chi connectivity index (χ0n) is 15.9. The van der Waals surface area contributed by atoms with E-state index in [1.165, 1.54) is 26.4 Å². The Hall–Kier alpha value is -3.39. The van der Waals surface area contributed by atoms with Gasteiger partial charge in [-0.25, -0.2) is 4.39 Å². The number of methoxy groups -OCH3 is 2. The number of rotatable bonds is 6. The zero-order valence-corrected chi connectivity index (χ0v) is 15.9. The predicted octanol–water partition coefficient (Wildman–Crippen LogP) is 2.26. The third-order valence-electron chi connectivity index (χ3n) is 4.73. The van der Waals surface area contributed by atoms with Crippen LogP contribution >= 0.6 is 0 Å². The maximum absolute atomic E-state index is 13.3. The van der Waals surface area contributed by atoms with Gasteiger partial charge in [0, 0.05) is 17.7 Å². The lowest BCUT2D eigenvalue weighted by Gasteiger charge is -2.26. The van der Waals surface area contributed by atoms with E-state index >= 15 is 0 Å². The van der Waals surface area contributed by atoms with Crippen LogP contribution in [0.4, 0.5) is 4.39 Å². The molecule has 1 aliphatic rings. The highest BCUT2D eigenvalue weighted by molar-refractivity contribution is 6.46. The fraction of sp³-hybridized carbons (Fsp3) is 0.238. The molecule has 29 heavy (non-hydrogen) atoms. The molecule has 1 unspecified atom stereocenters. The van der Waals surface area contributed by atoms with Crippen molar-refractivity contribution >= 4 is 17.4 Å². The number of nitrogens with zero attached hydrogens (tertiary/aromatic N) is 1. The summed E-state index contributed by atoms with van der Waals surface area (Å²) in [6, 6.07) is 8.74. The van der Waals surface area contributed by atoms with E-state index in [4.69, 9.17) is 9.47 Å². The van der Waals surface area contributed by atoms with E-state index in [2.05, 4.69) is 0 Å². The van der Waals surface area contributed by atoms with E-state index < -0.39 is 29.3 Å². The molecule has 0 radical (unpaired) electrons. The molecule has 8 heteroatoms. The van der Waals surface area contributed by atoms with Gasteiger partial charge in [0.05, 0.1) is 32.4 Å². The molecule has 1 heterocycles. The Labute approximate surface area is 166 Å². The Morgan fingerprint density at radius 2 is 1.79 bits per heavy atom. The van der Waals surface area contributed by atoms with Crippen molar-refractivity contribution in [3.63, 3.8) is 0 Å². The lowest BCUT2D eigenvalue weighted by Crippen LogP contribution is -2.32. The van der Waals surface area contributed by atoms with Crippen LogP contribution in [-0.4, -0.2) is 54.2 Å². The number of carbonyl (C=O) groups is 2. The fourth-order valence-corrected chi connectivity index (χ4v) is 3.36. The standard InChI is InChI=1S/C21H20FNO6/c1-28-14-7-8-16(29-2)15(11-14)18-17(20(26)21(27)23(18)9-10-24)19(25)12-3-5-13(22)6-4-12/h3-8,11,18,24-25H,9-10H2,1-2H3/b19-17-. The van der Waals surface area contributed by atoms with E-state index in [-0.39, 0.29) is 24.3 Å². The molecule has 1 aliphatic heterocycles. The minimum atomic E-state index is -1.02. The lowest BCUT2D eigenvalue weighted by atomic mass is 9.94. The molecule has 1 amide bonds. The number of aliphatic hydroxyl groups excluding tert-OH is 2. The van der Waals surface area contributed by atoms with Gasteiger partial charge in [-0.3, -0.25) is 9.59 Å². The molecule has 3 rings (SSSR count). The summed E-state index contributed by atoms with van der Waals surface area (Å²) in [5, 5.41) is 20.2. The smallest absolute Gasteiger partial charge is 0.295 e. The first-order valence-electron chi connectivity index (χ1n) is 8.80. The number of ether oxygens (including phenoxy) is 2. The molecule has 0 spiro atoms. The number of hydrogen-bond donors (Lipinski definition) is 2. The molecule has 1 fully saturated rings. The van der Waals surface area contributed by atoms with Crippen LogP contribution in [-0.2, 0) is 9.59 Å². The van der Waals surface area contributed by atoms with Gasteiger partial charge in [-0.1, -0.05) is 0 Å². The van der Waals surface area contributed by atoms with Crippen molar-refractivity contribution in [2.45, 2.75) is 6.04 Å². The third-order valence-corrected chi connectivity index (χ3v) is 4.73. The highest BCUT2D eigenvalue weighted by Gasteiger charge is 2.47. The summed E-state index contributed by atoms with van der Waals surface area (Å²) in [7, 11) is 2.90. The van der Waals surface area contributed by atoms with E-state index in [1.807, 2.05) is 0 Å². The summed E-state index contributed by atoms with van der Waals surface area (Å²) in [5.74, 6) is -1.90. The molecule has 2 aromatic rings. The van der Waals surface area contributed by atoms with E-state index in [0.717, 1.165) is 17.0 Å². The van der Waals surface area contributed by atoms with Crippen molar-refractivity contribution in [2.24, 2.45) is 0 Å². The largest absolute Gasteiger partial charge is 0.507 e. The summed E-state index contributed by atoms with van der Waals surface area (Å²) in [4.78, 5) is 26.6. The average Bonchev–Trinajstić information content (AvgIpc) is 2.98. The Kier molecular flexibility index (Phi) is 5.84. The quantitative estimate of drug-likeness (QED) is 0.438. The number of amides is 1. The zero-order chi connectivity index (χ0) is 21.1. The summed E-state index contributed by atoms with van der Waals surface area (Å²) >= 11 is 0. The van der Waals surface area contributed by atoms with Gasteiger partial charge in [-0.2, -0.15) is 0 Å². The number of β-amino-alcohol motifs (C(OH)–C–C–N with tert-alkyl or cyclic N) is 1. The van der Waals surface area contributed by atoms with Gasteiger partial charge < -0.3 is 24.6 Å². The Morgan fingerprint density at radius 3 is 2.38 bits per heavy atom. The van der Waals surface area contributed by atoms with Crippen molar-refractivity contribution in [3.05, 3.63) is 65.0 Å². The first-order valence-corrected chi connectivity index (χ1v) is 8.80. The van der Waals surface area contributed by atoms with E-state index in [9.17, 15) is 24.2 Å². The first-order chi connectivity index (χ1) is 13.9. The molecule has 1 atom stereocenters. The molecule has 2 aromatic carbocycles. The molecule has 2 N–H and O–H groups in total. The maximum Gasteiger partial charge on any atom is 0.295 e. The molecule has 0 saturated carbocycles. The summed E-state index contributed by atoms with van der Waals surface area (Å²) in [5.41, 5.74) is 0.407. The van der Waals surface area contributed by atoms with Crippen molar-refractivity contribution < 1.29 is 33.7 Å². The van der Waals surface area contributed by atoms with E-state index in [1.54, 1.807) is 18.2 Å². The van der Waals surface area contributed by atoms with Gasteiger partial charge in [0.1, 0.15) is 23.1 Å². The average molecular weight is 401 g/mol. The fourth-order valence-electron chi connectivity index (χ4n) is 3.36. The SMILES string of the molecule is COc1ccc(OC)c(C2/C(=C(/O)c3ccc(F)cc3)C(=O)C(=O)N2CCO)c1. The van der Waals surface area contributed by atoms with Crippen LogP contribution in [0.25, 0.3) is 5.76 Å². The van der Waals surface area contributed by atoms with Crippen LogP contribution in [0.1, 0.15) is 17.2 Å². The molecule has 0 aliphatic carbocycles. The van der Waals surface area contributed by atoms with Crippen LogP contribution in [0.15, 0.2) is 48.0 Å². The number of carbonyl (C=O) groups excluding carboxylic acids is 2. The Bertz CT molecular complexity index is 970. The first kappa shape index (κ1) is 20.3. The predicted molar refractivity (Wildman–Crippen MR) is 102 cm³/mol. The molecule has 152 valence electrons. The third kappa shape index (κ3) is 3.66. The van der Waals surface area contributed by atoms with Gasteiger partial charge in [0.25, 0.3) is 11.7 Å². The van der Waals surface area contributed by atoms with Crippen LogP contribution in [0.5, 0.6) is 11.5 Å². The number of ketones is 1. The van der Waals surface area contributed by atoms with Gasteiger partial charge in [-0.05, 0) is 42.5 Å². The highest BCUT2D eigenvalue weighted by Crippen LogP contribution is 2.43. The van der Waals surface area contributed by atoms with Crippen LogP contribution in [0.3, 0.4) is 0 Å². The van der Waals surface area contributed by atoms with Crippen molar-refractivity contribution in [2.75, 3.05) is 27.4 Å². The summed E-state index contributed by atoms with van der Waals surface area (Å²) < 4.78 is 23.9. The summed E-state index contributed by atoms with van der Waals surface area (Å²) in [6.45, 7) is -0.512. The Morgan fingerprint density at radius 1 is 1.10 bits per heavy atom. The minimum absolute atomic E-state index is 0.129. The Balaban J connectivity index is 2.26. The number of halogens is 1. The van der Waals surface area contributed by atoms with Crippen LogP contribution in [0.2, 0.25) is 0 Å². The monoisotopic (exact) mass is 401 g/mol. The lowest BCUT2D eigenvalue weighted by molar-refractivity contribution is -0.140. The van der Waals surface area contributed by atoms with Crippen molar-refractivity contribution in [3.8, 4) is 11.5 Å². The second-order valence-corrected chi connectivity index (χ2v) is 6.33. The van der Waals surface area contributed by atoms with Gasteiger partial charge in [0.2, 0.25) is 0 Å². The number of likely N-dealkylation sites (tertiary alicyclic amines) is 1. The molecular formula is C21H20FNO6. The second-order valence-electron chi connectivity index (χ2n) is 6.33. The number of aliphatic hydroxyl groups is 2. The molecule has 0 bridgehead atoms. The molecule has 1 saturated heterocycles. The highest BCUT2D eigenvalue weighted by atomic mass is 19.1. The topological polar surface area (TPSA) is 96.3 Å². The van der Waals surface area contributed by atoms with Crippen LogP contribution < -0.4 is 9.47 Å². The van der Waals surface area contributed by atoms with Crippen LogP contribution in [0, 0.1) is 5.82 Å². The number of benzene rings is 2. The van der Waals surface area contributed by atoms with Gasteiger partial charge in [-0.15, -0.1) is 0 Å². The summed E-state index contributed by atoms with van der Waals surface area (Å²) in [6.07, 6.45) is 0. The number of Topliss-reactive ketones (excluding diaryl/α,β-unsaturated/α-hetero) is 1. The van der Waals surface area contributed by atoms with E-state index in [0.29, 0.717) is 17.1 Å². The van der Waals surface area contributed by atoms with Gasteiger partial charge >= 0.3 is 0 Å². The molecule has 0 aromatic heterocycles. The minimum Gasteiger partial charge on any atom is -0.507 e. The van der Waals surface area contributed by atoms with Crippen molar-refractivity contribution in [1.82, 2.24) is 4.90 Å². The number of hydrogen-bond acceptors (Lipinski definition) is 6. The van der Waals surface area contributed by atoms with Gasteiger partial charge in [0.15, 0.2) is 0 Å². The second kappa shape index (κ2) is 8.32. The molecule has 7 nitrogen and oxygen atoms in total. The van der Waals surface area contributed by atoms with Crippen molar-refractivity contribution in [1.29, 1.82) is 0 Å². The normalized spacial score (nSPS) is 18.2.